The fourth-order valence-electron chi connectivity index (χ4n) is 1.98. The smallest absolute Gasteiger partial charge is 0.270 e. The molecule has 2 aromatic heterocycles. The molecule has 1 aromatic carbocycles. The van der Waals surface area contributed by atoms with Crippen molar-refractivity contribution in [3.63, 3.8) is 0 Å². The number of aromatic nitrogens is 3. The standard InChI is InChI=1S/C15H13N5O3S3/c1-8(25-15-19-18-9(2)26-15)13(21)17-14-16-12(7-24-14)10-4-3-5-11(6-10)20(22)23/h3-8H,1-2H3,(H,16,17,21)/t8-/m1/s1. The van der Waals surface area contributed by atoms with Crippen molar-refractivity contribution in [1.29, 1.82) is 0 Å². The molecule has 0 radical (unpaired) electrons. The Bertz CT molecular complexity index is 955. The van der Waals surface area contributed by atoms with E-state index in [0.717, 1.165) is 9.35 Å². The first kappa shape index (κ1) is 18.4. The average molecular weight is 408 g/mol. The monoisotopic (exact) mass is 407 g/mol. The quantitative estimate of drug-likeness (QED) is 0.373. The second-order valence-electron chi connectivity index (χ2n) is 5.18. The van der Waals surface area contributed by atoms with E-state index in [4.69, 9.17) is 0 Å². The fourth-order valence-corrected chi connectivity index (χ4v) is 4.66. The molecule has 3 aromatic rings. The van der Waals surface area contributed by atoms with E-state index in [9.17, 15) is 14.9 Å². The number of benzene rings is 1. The van der Waals surface area contributed by atoms with Crippen LogP contribution in [0.5, 0.6) is 0 Å². The van der Waals surface area contributed by atoms with E-state index in [0.29, 0.717) is 16.4 Å². The van der Waals surface area contributed by atoms with Crippen LogP contribution in [-0.4, -0.2) is 31.3 Å². The van der Waals surface area contributed by atoms with E-state index in [2.05, 4.69) is 20.5 Å². The first-order chi connectivity index (χ1) is 12.4. The zero-order valence-electron chi connectivity index (χ0n) is 13.7. The molecule has 134 valence electrons. The Balaban J connectivity index is 1.67. The van der Waals surface area contributed by atoms with Crippen molar-refractivity contribution < 1.29 is 9.72 Å². The molecule has 0 aliphatic carbocycles. The molecule has 0 saturated heterocycles. The van der Waals surface area contributed by atoms with Gasteiger partial charge in [0.2, 0.25) is 5.91 Å². The molecule has 3 rings (SSSR count). The van der Waals surface area contributed by atoms with Crippen LogP contribution in [0.1, 0.15) is 11.9 Å². The molecule has 0 spiro atoms. The number of nitro groups is 1. The van der Waals surface area contributed by atoms with Gasteiger partial charge in [0.1, 0.15) is 5.01 Å². The molecule has 0 aliphatic rings. The molecule has 0 unspecified atom stereocenters. The van der Waals surface area contributed by atoms with Crippen LogP contribution in [0.3, 0.4) is 0 Å². The number of amides is 1. The third kappa shape index (κ3) is 4.42. The number of hydrogen-bond acceptors (Lipinski definition) is 9. The van der Waals surface area contributed by atoms with Crippen LogP contribution in [0.2, 0.25) is 0 Å². The maximum Gasteiger partial charge on any atom is 0.270 e. The molecular weight excluding hydrogens is 394 g/mol. The Morgan fingerprint density at radius 1 is 1.38 bits per heavy atom. The molecular formula is C15H13N5O3S3. The Labute approximate surface area is 160 Å². The van der Waals surface area contributed by atoms with Gasteiger partial charge in [0, 0.05) is 23.1 Å². The molecule has 11 heteroatoms. The van der Waals surface area contributed by atoms with Gasteiger partial charge in [0.05, 0.1) is 15.9 Å². The predicted octanol–water partition coefficient (Wildman–Crippen LogP) is 4.00. The van der Waals surface area contributed by atoms with Gasteiger partial charge < -0.3 is 5.32 Å². The number of thiazole rings is 1. The second kappa shape index (κ2) is 7.89. The average Bonchev–Trinajstić information content (AvgIpc) is 3.24. The van der Waals surface area contributed by atoms with Crippen LogP contribution in [0, 0.1) is 17.0 Å². The van der Waals surface area contributed by atoms with Gasteiger partial charge in [-0.2, -0.15) is 0 Å². The summed E-state index contributed by atoms with van der Waals surface area (Å²) in [5.41, 5.74) is 1.20. The number of hydrogen-bond donors (Lipinski definition) is 1. The first-order valence-corrected chi connectivity index (χ1v) is 9.98. The van der Waals surface area contributed by atoms with Gasteiger partial charge in [-0.15, -0.1) is 21.5 Å². The van der Waals surface area contributed by atoms with E-state index in [-0.39, 0.29) is 16.8 Å². The van der Waals surface area contributed by atoms with Crippen molar-refractivity contribution in [2.24, 2.45) is 0 Å². The van der Waals surface area contributed by atoms with Gasteiger partial charge in [-0.25, -0.2) is 4.98 Å². The molecule has 1 N–H and O–H groups in total. The molecule has 0 aliphatic heterocycles. The highest BCUT2D eigenvalue weighted by atomic mass is 32.2. The molecule has 2 heterocycles. The molecule has 0 saturated carbocycles. The van der Waals surface area contributed by atoms with E-state index >= 15 is 0 Å². The number of aryl methyl sites for hydroxylation is 1. The summed E-state index contributed by atoms with van der Waals surface area (Å²) in [6, 6.07) is 6.22. The largest absolute Gasteiger partial charge is 0.301 e. The van der Waals surface area contributed by atoms with Crippen LogP contribution in [0.15, 0.2) is 34.0 Å². The van der Waals surface area contributed by atoms with Crippen LogP contribution in [-0.2, 0) is 4.79 Å². The van der Waals surface area contributed by atoms with Crippen LogP contribution in [0.25, 0.3) is 11.3 Å². The van der Waals surface area contributed by atoms with Gasteiger partial charge in [-0.3, -0.25) is 14.9 Å². The van der Waals surface area contributed by atoms with E-state index < -0.39 is 4.92 Å². The highest BCUT2D eigenvalue weighted by Crippen LogP contribution is 2.29. The summed E-state index contributed by atoms with van der Waals surface area (Å²) in [6.07, 6.45) is 0. The number of rotatable bonds is 6. The molecule has 1 atom stereocenters. The molecule has 0 fully saturated rings. The molecule has 0 bridgehead atoms. The Kier molecular flexibility index (Phi) is 5.59. The number of thioether (sulfide) groups is 1. The lowest BCUT2D eigenvalue weighted by Gasteiger charge is -2.07. The van der Waals surface area contributed by atoms with Gasteiger partial charge >= 0.3 is 0 Å². The van der Waals surface area contributed by atoms with Gasteiger partial charge in [-0.05, 0) is 13.8 Å². The van der Waals surface area contributed by atoms with Crippen molar-refractivity contribution in [2.75, 3.05) is 5.32 Å². The maximum absolute atomic E-state index is 12.3. The van der Waals surface area contributed by atoms with Crippen molar-refractivity contribution in [3.05, 3.63) is 44.8 Å². The van der Waals surface area contributed by atoms with Crippen molar-refractivity contribution in [1.82, 2.24) is 15.2 Å². The summed E-state index contributed by atoms with van der Waals surface area (Å²) >= 11 is 4.04. The van der Waals surface area contributed by atoms with Gasteiger partial charge in [0.25, 0.3) is 5.69 Å². The van der Waals surface area contributed by atoms with E-state index in [1.54, 1.807) is 24.4 Å². The van der Waals surface area contributed by atoms with Crippen molar-refractivity contribution in [2.45, 2.75) is 23.4 Å². The van der Waals surface area contributed by atoms with E-state index in [1.807, 2.05) is 6.92 Å². The summed E-state index contributed by atoms with van der Waals surface area (Å²) in [5, 5.41) is 24.3. The highest BCUT2D eigenvalue weighted by Gasteiger charge is 2.18. The number of anilines is 1. The summed E-state index contributed by atoms with van der Waals surface area (Å²) in [5.74, 6) is -0.192. The van der Waals surface area contributed by atoms with Crippen LogP contribution < -0.4 is 5.32 Å². The Hall–Kier alpha value is -2.37. The number of carbonyl (C=O) groups excluding carboxylic acids is 1. The normalized spacial score (nSPS) is 11.9. The van der Waals surface area contributed by atoms with Gasteiger partial charge in [-0.1, -0.05) is 35.2 Å². The van der Waals surface area contributed by atoms with Crippen LogP contribution >= 0.6 is 34.4 Å². The van der Waals surface area contributed by atoms with Crippen LogP contribution in [0.4, 0.5) is 10.8 Å². The summed E-state index contributed by atoms with van der Waals surface area (Å²) in [6.45, 7) is 3.64. The lowest BCUT2D eigenvalue weighted by molar-refractivity contribution is -0.384. The Morgan fingerprint density at radius 2 is 2.19 bits per heavy atom. The predicted molar refractivity (Wildman–Crippen MR) is 103 cm³/mol. The fraction of sp³-hybridized carbons (Fsp3) is 0.200. The minimum Gasteiger partial charge on any atom is -0.301 e. The molecule has 1 amide bonds. The lowest BCUT2D eigenvalue weighted by atomic mass is 10.1. The number of nitrogens with one attached hydrogen (secondary N) is 1. The number of non-ortho nitro benzene ring substituents is 1. The second-order valence-corrected chi connectivity index (χ2v) is 8.81. The summed E-state index contributed by atoms with van der Waals surface area (Å²) in [4.78, 5) is 27.1. The SMILES string of the molecule is Cc1nnc(S[C@H](C)C(=O)Nc2nc(-c3cccc([N+](=O)[O-])c3)cs2)s1. The minimum absolute atomic E-state index is 0.00143. The Morgan fingerprint density at radius 3 is 2.88 bits per heavy atom. The number of nitro benzene ring substituents is 1. The van der Waals surface area contributed by atoms with E-state index in [1.165, 1.54) is 46.6 Å². The molecule has 8 nitrogen and oxygen atoms in total. The third-order valence-electron chi connectivity index (χ3n) is 3.24. The summed E-state index contributed by atoms with van der Waals surface area (Å²) in [7, 11) is 0. The maximum atomic E-state index is 12.3. The zero-order chi connectivity index (χ0) is 18.7. The zero-order valence-corrected chi connectivity index (χ0v) is 16.2. The highest BCUT2D eigenvalue weighted by molar-refractivity contribution is 8.02. The number of carbonyl (C=O) groups is 1. The third-order valence-corrected chi connectivity index (χ3v) is 6.02. The topological polar surface area (TPSA) is 111 Å². The summed E-state index contributed by atoms with van der Waals surface area (Å²) < 4.78 is 0.738. The molecule has 26 heavy (non-hydrogen) atoms. The van der Waals surface area contributed by atoms with Crippen molar-refractivity contribution in [3.8, 4) is 11.3 Å². The van der Waals surface area contributed by atoms with Gasteiger partial charge in [0.15, 0.2) is 9.47 Å². The van der Waals surface area contributed by atoms with Crippen molar-refractivity contribution >= 4 is 51.2 Å². The number of nitrogens with zero attached hydrogens (tertiary/aromatic N) is 4. The lowest BCUT2D eigenvalue weighted by Crippen LogP contribution is -2.22. The first-order valence-electron chi connectivity index (χ1n) is 7.40. The minimum atomic E-state index is -0.452.